The van der Waals surface area contributed by atoms with Crippen LogP contribution in [0, 0.1) is 6.92 Å². The molecule has 0 spiro atoms. The molecular formula is C28H35N3O3. The van der Waals surface area contributed by atoms with E-state index in [1.165, 1.54) is 16.8 Å². The van der Waals surface area contributed by atoms with E-state index in [0.29, 0.717) is 19.5 Å². The quantitative estimate of drug-likeness (QED) is 0.420. The standard InChI is InChI=1S/C28H35N3O3/c1-19-8-6-7-9-23(19)22-10-11-24-25(18-22)29-31(20(2)14-17-32)26(24)21-12-15-30(16-13-21)27(33)34-28(3,4)5/h6-11,17-18,20-21H,12-16H2,1-5H3. The number of carbonyl (C=O) groups excluding carboxylic acids is 2. The Morgan fingerprint density at radius 1 is 1.18 bits per heavy atom. The minimum Gasteiger partial charge on any atom is -0.444 e. The monoisotopic (exact) mass is 461 g/mol. The molecule has 0 saturated carbocycles. The highest BCUT2D eigenvalue weighted by molar-refractivity contribution is 5.87. The average molecular weight is 462 g/mol. The molecule has 0 aliphatic carbocycles. The highest BCUT2D eigenvalue weighted by atomic mass is 16.6. The summed E-state index contributed by atoms with van der Waals surface area (Å²) >= 11 is 0. The van der Waals surface area contributed by atoms with E-state index in [0.717, 1.165) is 35.6 Å². The summed E-state index contributed by atoms with van der Waals surface area (Å²) in [6.07, 6.45) is 2.81. The van der Waals surface area contributed by atoms with Crippen molar-refractivity contribution < 1.29 is 14.3 Å². The van der Waals surface area contributed by atoms with E-state index in [2.05, 4.69) is 54.1 Å². The highest BCUT2D eigenvalue weighted by Gasteiger charge is 2.31. The number of benzene rings is 2. The van der Waals surface area contributed by atoms with Gasteiger partial charge in [-0.15, -0.1) is 0 Å². The van der Waals surface area contributed by atoms with Gasteiger partial charge in [0.05, 0.1) is 11.6 Å². The third-order valence-electron chi connectivity index (χ3n) is 6.58. The maximum Gasteiger partial charge on any atom is 0.410 e. The number of hydrogen-bond acceptors (Lipinski definition) is 4. The van der Waals surface area contributed by atoms with Crippen LogP contribution in [0.4, 0.5) is 4.79 Å². The Balaban J connectivity index is 1.66. The van der Waals surface area contributed by atoms with Crippen molar-refractivity contribution in [1.82, 2.24) is 14.7 Å². The largest absolute Gasteiger partial charge is 0.444 e. The van der Waals surface area contributed by atoms with Crippen molar-refractivity contribution >= 4 is 23.3 Å². The number of nitrogens with zero attached hydrogens (tertiary/aromatic N) is 3. The van der Waals surface area contributed by atoms with E-state index in [1.807, 2.05) is 27.7 Å². The van der Waals surface area contributed by atoms with Gasteiger partial charge in [-0.05, 0) is 70.2 Å². The van der Waals surface area contributed by atoms with Crippen molar-refractivity contribution in [3.8, 4) is 11.1 Å². The topological polar surface area (TPSA) is 64.4 Å². The van der Waals surface area contributed by atoms with Gasteiger partial charge in [0.2, 0.25) is 0 Å². The van der Waals surface area contributed by atoms with Crippen LogP contribution in [0.3, 0.4) is 0 Å². The Morgan fingerprint density at radius 3 is 2.53 bits per heavy atom. The Kier molecular flexibility index (Phi) is 6.78. The predicted molar refractivity (Wildman–Crippen MR) is 135 cm³/mol. The molecule has 1 unspecified atom stereocenters. The van der Waals surface area contributed by atoms with Gasteiger partial charge in [-0.3, -0.25) is 4.68 Å². The Labute approximate surface area is 201 Å². The molecule has 4 rings (SSSR count). The molecule has 1 aliphatic heterocycles. The van der Waals surface area contributed by atoms with Gasteiger partial charge < -0.3 is 14.4 Å². The number of aldehydes is 1. The van der Waals surface area contributed by atoms with E-state index in [9.17, 15) is 9.59 Å². The first-order valence-corrected chi connectivity index (χ1v) is 12.2. The first-order valence-electron chi connectivity index (χ1n) is 12.2. The lowest BCUT2D eigenvalue weighted by Crippen LogP contribution is -2.41. The first kappa shape index (κ1) is 24.0. The zero-order chi connectivity index (χ0) is 24.5. The molecule has 0 bridgehead atoms. The van der Waals surface area contributed by atoms with E-state index < -0.39 is 5.60 Å². The normalized spacial score (nSPS) is 16.0. The number of amides is 1. The third-order valence-corrected chi connectivity index (χ3v) is 6.58. The van der Waals surface area contributed by atoms with Crippen molar-refractivity contribution in [3.05, 3.63) is 53.7 Å². The number of fused-ring (bicyclic) bond motifs is 1. The number of likely N-dealkylation sites (tertiary alicyclic amines) is 1. The van der Waals surface area contributed by atoms with E-state index >= 15 is 0 Å². The number of piperidine rings is 1. The predicted octanol–water partition coefficient (Wildman–Crippen LogP) is 6.28. The molecule has 2 heterocycles. The van der Waals surface area contributed by atoms with Crippen molar-refractivity contribution in [2.75, 3.05) is 13.1 Å². The Morgan fingerprint density at radius 2 is 1.88 bits per heavy atom. The molecule has 1 aliphatic rings. The second-order valence-electron chi connectivity index (χ2n) is 10.4. The maximum atomic E-state index is 12.5. The van der Waals surface area contributed by atoms with Gasteiger partial charge in [0, 0.05) is 36.5 Å². The second-order valence-corrected chi connectivity index (χ2v) is 10.4. The summed E-state index contributed by atoms with van der Waals surface area (Å²) in [7, 11) is 0. The van der Waals surface area contributed by atoms with E-state index in [4.69, 9.17) is 9.84 Å². The molecular weight excluding hydrogens is 426 g/mol. The molecule has 1 atom stereocenters. The SMILES string of the molecule is Cc1ccccc1-c1ccc2c(C3CCN(C(=O)OC(C)(C)C)CC3)n(C(C)CC=O)nc2c1. The fourth-order valence-electron chi connectivity index (χ4n) is 4.83. The average Bonchev–Trinajstić information content (AvgIpc) is 3.17. The summed E-state index contributed by atoms with van der Waals surface area (Å²) in [5, 5.41) is 6.11. The van der Waals surface area contributed by atoms with Crippen LogP contribution in [-0.2, 0) is 9.53 Å². The van der Waals surface area contributed by atoms with Gasteiger partial charge in [0.15, 0.2) is 0 Å². The number of hydrogen-bond donors (Lipinski definition) is 0. The van der Waals surface area contributed by atoms with Crippen LogP contribution in [0.1, 0.15) is 70.2 Å². The molecule has 1 amide bonds. The highest BCUT2D eigenvalue weighted by Crippen LogP contribution is 2.37. The summed E-state index contributed by atoms with van der Waals surface area (Å²) in [4.78, 5) is 25.6. The van der Waals surface area contributed by atoms with Gasteiger partial charge in [-0.2, -0.15) is 5.10 Å². The van der Waals surface area contributed by atoms with Crippen molar-refractivity contribution in [2.24, 2.45) is 0 Å². The number of carbonyl (C=O) groups is 2. The van der Waals surface area contributed by atoms with Crippen molar-refractivity contribution in [2.45, 2.75) is 71.4 Å². The van der Waals surface area contributed by atoms with Crippen molar-refractivity contribution in [3.63, 3.8) is 0 Å². The summed E-state index contributed by atoms with van der Waals surface area (Å²) in [6, 6.07) is 14.8. The summed E-state index contributed by atoms with van der Waals surface area (Å²) < 4.78 is 7.61. The fraction of sp³-hybridized carbons (Fsp3) is 0.464. The minimum absolute atomic E-state index is 0.0225. The lowest BCUT2D eigenvalue weighted by Gasteiger charge is -2.34. The molecule has 3 aromatic rings. The van der Waals surface area contributed by atoms with E-state index in [1.54, 1.807) is 4.90 Å². The zero-order valence-electron chi connectivity index (χ0n) is 20.9. The number of rotatable bonds is 5. The van der Waals surface area contributed by atoms with Crippen molar-refractivity contribution in [1.29, 1.82) is 0 Å². The third kappa shape index (κ3) is 5.01. The summed E-state index contributed by atoms with van der Waals surface area (Å²) in [6.45, 7) is 11.1. The maximum absolute atomic E-state index is 12.5. The molecule has 1 aromatic heterocycles. The first-order chi connectivity index (χ1) is 16.2. The molecule has 180 valence electrons. The van der Waals surface area contributed by atoms with Crippen LogP contribution >= 0.6 is 0 Å². The second kappa shape index (κ2) is 9.61. The Bertz CT molecular complexity index is 1180. The molecule has 1 saturated heterocycles. The van der Waals surface area contributed by atoms with Crippen LogP contribution < -0.4 is 0 Å². The molecule has 6 nitrogen and oxygen atoms in total. The summed E-state index contributed by atoms with van der Waals surface area (Å²) in [5.74, 6) is 0.266. The summed E-state index contributed by atoms with van der Waals surface area (Å²) in [5.41, 5.74) is 5.19. The van der Waals surface area contributed by atoms with Gasteiger partial charge in [-0.1, -0.05) is 36.4 Å². The van der Waals surface area contributed by atoms with Crippen LogP contribution in [0.25, 0.3) is 22.0 Å². The van der Waals surface area contributed by atoms with Crippen LogP contribution in [-0.4, -0.2) is 45.8 Å². The lowest BCUT2D eigenvalue weighted by molar-refractivity contribution is -0.108. The van der Waals surface area contributed by atoms with E-state index in [-0.39, 0.29) is 18.1 Å². The molecule has 0 N–H and O–H groups in total. The smallest absolute Gasteiger partial charge is 0.410 e. The number of aryl methyl sites for hydroxylation is 1. The zero-order valence-corrected chi connectivity index (χ0v) is 20.9. The minimum atomic E-state index is -0.498. The van der Waals surface area contributed by atoms with Crippen LogP contribution in [0.5, 0.6) is 0 Å². The van der Waals surface area contributed by atoms with Gasteiger partial charge in [-0.25, -0.2) is 4.79 Å². The lowest BCUT2D eigenvalue weighted by atomic mass is 9.90. The Hall–Kier alpha value is -3.15. The molecule has 0 radical (unpaired) electrons. The molecule has 34 heavy (non-hydrogen) atoms. The van der Waals surface area contributed by atoms with Gasteiger partial charge in [0.25, 0.3) is 0 Å². The number of aromatic nitrogens is 2. The van der Waals surface area contributed by atoms with Crippen LogP contribution in [0.2, 0.25) is 0 Å². The van der Waals surface area contributed by atoms with Gasteiger partial charge in [0.1, 0.15) is 11.9 Å². The molecule has 2 aromatic carbocycles. The molecule has 1 fully saturated rings. The fourth-order valence-corrected chi connectivity index (χ4v) is 4.83. The van der Waals surface area contributed by atoms with Crippen LogP contribution in [0.15, 0.2) is 42.5 Å². The van der Waals surface area contributed by atoms with Gasteiger partial charge >= 0.3 is 6.09 Å². The molecule has 6 heteroatoms. The number of ether oxygens (including phenoxy) is 1.